The lowest BCUT2D eigenvalue weighted by Crippen LogP contribution is -2.29. The lowest BCUT2D eigenvalue weighted by molar-refractivity contribution is -0.118. The van der Waals surface area contributed by atoms with Gasteiger partial charge in [0.1, 0.15) is 5.75 Å². The molecule has 0 aliphatic carbocycles. The molecule has 0 fully saturated rings. The van der Waals surface area contributed by atoms with Crippen LogP contribution in [0.5, 0.6) is 11.5 Å². The summed E-state index contributed by atoms with van der Waals surface area (Å²) < 4.78 is 34.9. The highest BCUT2D eigenvalue weighted by atomic mass is 32.2. The van der Waals surface area contributed by atoms with Crippen molar-refractivity contribution >= 4 is 15.7 Å². The number of rotatable bonds is 5. The molecule has 0 bridgehead atoms. The van der Waals surface area contributed by atoms with Crippen LogP contribution >= 0.6 is 0 Å². The van der Waals surface area contributed by atoms with Crippen molar-refractivity contribution in [3.8, 4) is 11.5 Å². The smallest absolute Gasteiger partial charge is 0.235 e. The first-order valence-electron chi connectivity index (χ1n) is 7.39. The minimum absolute atomic E-state index is 0.145. The third-order valence-corrected chi connectivity index (χ3v) is 5.26. The number of carbonyl (C=O) groups is 1. The molecule has 1 aliphatic heterocycles. The number of amides is 1. The molecule has 0 spiro atoms. The molecule has 1 N–H and O–H groups in total. The third kappa shape index (κ3) is 3.68. The van der Waals surface area contributed by atoms with Crippen molar-refractivity contribution in [2.45, 2.75) is 18.4 Å². The van der Waals surface area contributed by atoms with Gasteiger partial charge in [-0.25, -0.2) is 8.42 Å². The molecule has 0 saturated carbocycles. The van der Waals surface area contributed by atoms with Gasteiger partial charge in [-0.05, 0) is 36.8 Å². The molecule has 1 aliphatic rings. The number of ether oxygens (including phenoxy) is 2. The summed E-state index contributed by atoms with van der Waals surface area (Å²) >= 11 is 0. The van der Waals surface area contributed by atoms with Gasteiger partial charge in [0.2, 0.25) is 12.7 Å². The van der Waals surface area contributed by atoms with Gasteiger partial charge in [0.15, 0.2) is 21.3 Å². The lowest BCUT2D eigenvalue weighted by Gasteiger charge is -2.07. The summed E-state index contributed by atoms with van der Waals surface area (Å²) in [6.07, 6.45) is 0. The predicted molar refractivity (Wildman–Crippen MR) is 87.6 cm³/mol. The molecular weight excluding hydrogens is 330 g/mol. The first kappa shape index (κ1) is 16.3. The van der Waals surface area contributed by atoms with Crippen LogP contribution < -0.4 is 14.8 Å². The standard InChI is InChI=1S/C17H17NO5S/c1-12-2-5-14(6-3-12)24(20,21)10-17(19)18-9-13-4-7-15-16(8-13)23-11-22-15/h2-8H,9-11H2,1H3,(H,18,19). The van der Waals surface area contributed by atoms with E-state index < -0.39 is 21.5 Å². The molecule has 2 aromatic carbocycles. The van der Waals surface area contributed by atoms with E-state index in [1.54, 1.807) is 30.3 Å². The van der Waals surface area contributed by atoms with Crippen molar-refractivity contribution in [1.82, 2.24) is 5.32 Å². The van der Waals surface area contributed by atoms with Gasteiger partial charge >= 0.3 is 0 Å². The topological polar surface area (TPSA) is 81.7 Å². The van der Waals surface area contributed by atoms with Gasteiger partial charge in [-0.1, -0.05) is 23.8 Å². The third-order valence-electron chi connectivity index (χ3n) is 3.63. The maximum absolute atomic E-state index is 12.2. The first-order valence-corrected chi connectivity index (χ1v) is 9.04. The fraction of sp³-hybridized carbons (Fsp3) is 0.235. The summed E-state index contributed by atoms with van der Waals surface area (Å²) in [6.45, 7) is 2.27. The molecule has 1 heterocycles. The van der Waals surface area contributed by atoms with E-state index in [9.17, 15) is 13.2 Å². The van der Waals surface area contributed by atoms with Crippen LogP contribution in [0.3, 0.4) is 0 Å². The molecule has 0 aromatic heterocycles. The largest absolute Gasteiger partial charge is 0.454 e. The number of hydrogen-bond donors (Lipinski definition) is 1. The van der Waals surface area contributed by atoms with Gasteiger partial charge in [0, 0.05) is 6.54 Å². The minimum Gasteiger partial charge on any atom is -0.454 e. The summed E-state index contributed by atoms with van der Waals surface area (Å²) in [4.78, 5) is 12.1. The van der Waals surface area contributed by atoms with E-state index >= 15 is 0 Å². The molecule has 0 radical (unpaired) electrons. The maximum atomic E-state index is 12.2. The fourth-order valence-electron chi connectivity index (χ4n) is 2.30. The number of carbonyl (C=O) groups excluding carboxylic acids is 1. The number of sulfone groups is 1. The zero-order chi connectivity index (χ0) is 17.2. The fourth-order valence-corrected chi connectivity index (χ4v) is 3.47. The van der Waals surface area contributed by atoms with Crippen LogP contribution in [0.25, 0.3) is 0 Å². The second kappa shape index (κ2) is 6.52. The molecule has 6 nitrogen and oxygen atoms in total. The Labute approximate surface area is 140 Å². The highest BCUT2D eigenvalue weighted by Gasteiger charge is 2.19. The highest BCUT2D eigenvalue weighted by molar-refractivity contribution is 7.92. The van der Waals surface area contributed by atoms with Crippen molar-refractivity contribution in [2.24, 2.45) is 0 Å². The Bertz CT molecular complexity index is 859. The Morgan fingerprint density at radius 3 is 2.54 bits per heavy atom. The molecule has 7 heteroatoms. The van der Waals surface area contributed by atoms with Crippen LogP contribution in [0.4, 0.5) is 0 Å². The predicted octanol–water partition coefficient (Wildman–Crippen LogP) is 1.81. The van der Waals surface area contributed by atoms with Crippen LogP contribution in [-0.2, 0) is 21.2 Å². The first-order chi connectivity index (χ1) is 11.4. The Kier molecular flexibility index (Phi) is 4.44. The van der Waals surface area contributed by atoms with Crippen molar-refractivity contribution < 1.29 is 22.7 Å². The van der Waals surface area contributed by atoms with E-state index in [0.29, 0.717) is 11.5 Å². The Hall–Kier alpha value is -2.54. The molecule has 0 saturated heterocycles. The molecule has 24 heavy (non-hydrogen) atoms. The van der Waals surface area contributed by atoms with Crippen molar-refractivity contribution in [3.05, 3.63) is 53.6 Å². The van der Waals surface area contributed by atoms with Crippen LogP contribution in [0.1, 0.15) is 11.1 Å². The normalized spacial score (nSPS) is 12.9. The zero-order valence-electron chi connectivity index (χ0n) is 13.1. The molecule has 0 unspecified atom stereocenters. The lowest BCUT2D eigenvalue weighted by atomic mass is 10.2. The van der Waals surface area contributed by atoms with E-state index in [4.69, 9.17) is 9.47 Å². The second-order valence-corrected chi connectivity index (χ2v) is 7.53. The van der Waals surface area contributed by atoms with Crippen LogP contribution in [0.2, 0.25) is 0 Å². The number of benzene rings is 2. The number of aryl methyl sites for hydroxylation is 1. The quantitative estimate of drug-likeness (QED) is 0.892. The van der Waals surface area contributed by atoms with Gasteiger partial charge in [0.05, 0.1) is 4.90 Å². The molecule has 2 aromatic rings. The zero-order valence-corrected chi connectivity index (χ0v) is 13.9. The van der Waals surface area contributed by atoms with Gasteiger partial charge in [-0.2, -0.15) is 0 Å². The Morgan fingerprint density at radius 1 is 1.08 bits per heavy atom. The molecule has 3 rings (SSSR count). The summed E-state index contributed by atoms with van der Waals surface area (Å²) in [6, 6.07) is 11.7. The minimum atomic E-state index is -3.65. The molecule has 1 amide bonds. The van der Waals surface area contributed by atoms with E-state index in [2.05, 4.69) is 5.32 Å². The van der Waals surface area contributed by atoms with Crippen LogP contribution in [-0.4, -0.2) is 26.9 Å². The van der Waals surface area contributed by atoms with E-state index in [0.717, 1.165) is 11.1 Å². The Balaban J connectivity index is 1.60. The van der Waals surface area contributed by atoms with Crippen LogP contribution in [0.15, 0.2) is 47.4 Å². The van der Waals surface area contributed by atoms with E-state index in [1.165, 1.54) is 12.1 Å². The van der Waals surface area contributed by atoms with Crippen LogP contribution in [0, 0.1) is 6.92 Å². The van der Waals surface area contributed by atoms with Gasteiger partial charge in [-0.15, -0.1) is 0 Å². The maximum Gasteiger partial charge on any atom is 0.235 e. The van der Waals surface area contributed by atoms with Crippen molar-refractivity contribution in [1.29, 1.82) is 0 Å². The summed E-state index contributed by atoms with van der Waals surface area (Å²) in [7, 11) is -3.65. The number of hydrogen-bond acceptors (Lipinski definition) is 5. The van der Waals surface area contributed by atoms with Crippen molar-refractivity contribution in [2.75, 3.05) is 12.5 Å². The van der Waals surface area contributed by atoms with Gasteiger partial charge in [0.25, 0.3) is 0 Å². The van der Waals surface area contributed by atoms with E-state index in [-0.39, 0.29) is 18.2 Å². The number of nitrogens with one attached hydrogen (secondary N) is 1. The average Bonchev–Trinajstić information content (AvgIpc) is 3.00. The van der Waals surface area contributed by atoms with Gasteiger partial charge < -0.3 is 14.8 Å². The highest BCUT2D eigenvalue weighted by Crippen LogP contribution is 2.32. The summed E-state index contributed by atoms with van der Waals surface area (Å²) in [5, 5.41) is 2.61. The monoisotopic (exact) mass is 347 g/mol. The molecular formula is C17H17NO5S. The SMILES string of the molecule is Cc1ccc(S(=O)(=O)CC(=O)NCc2ccc3c(c2)OCO3)cc1. The number of fused-ring (bicyclic) bond motifs is 1. The second-order valence-electron chi connectivity index (χ2n) is 5.54. The average molecular weight is 347 g/mol. The van der Waals surface area contributed by atoms with Crippen molar-refractivity contribution in [3.63, 3.8) is 0 Å². The Morgan fingerprint density at radius 2 is 1.79 bits per heavy atom. The van der Waals surface area contributed by atoms with Gasteiger partial charge in [-0.3, -0.25) is 4.79 Å². The van der Waals surface area contributed by atoms with E-state index in [1.807, 2.05) is 6.92 Å². The summed E-state index contributed by atoms with van der Waals surface area (Å²) in [5.74, 6) is 0.148. The molecule has 126 valence electrons. The molecule has 0 atom stereocenters. The summed E-state index contributed by atoms with van der Waals surface area (Å²) in [5.41, 5.74) is 1.77.